The van der Waals surface area contributed by atoms with Crippen LogP contribution in [0, 0.1) is 11.8 Å². The van der Waals surface area contributed by atoms with Crippen LogP contribution in [0.5, 0.6) is 0 Å². The molecule has 2 unspecified atom stereocenters. The molecule has 2 aliphatic rings. The first kappa shape index (κ1) is 18.1. The van der Waals surface area contributed by atoms with Crippen molar-refractivity contribution < 1.29 is 24.3 Å². The van der Waals surface area contributed by atoms with Crippen molar-refractivity contribution in [3.63, 3.8) is 0 Å². The molecule has 1 aliphatic heterocycles. The van der Waals surface area contributed by atoms with E-state index in [9.17, 15) is 24.3 Å². The first-order chi connectivity index (χ1) is 12.5. The van der Waals surface area contributed by atoms with Crippen molar-refractivity contribution in [3.05, 3.63) is 35.9 Å². The standard InChI is InChI=1S/C19H22N2O5/c22-16(20-15(19(25)26)10-12-6-2-1-3-7-12)11-21-17(23)13-8-4-5-9-14(13)18(21)24/h1-3,6-7,13-15H,4-5,8-11H2,(H,20,22)(H,25,26)/t13?,14?,15-/m1/s1. The summed E-state index contributed by atoms with van der Waals surface area (Å²) in [7, 11) is 0. The molecule has 3 atom stereocenters. The zero-order valence-electron chi connectivity index (χ0n) is 14.4. The van der Waals surface area contributed by atoms with Crippen LogP contribution in [0.4, 0.5) is 0 Å². The Morgan fingerprint density at radius 2 is 1.65 bits per heavy atom. The summed E-state index contributed by atoms with van der Waals surface area (Å²) in [6, 6.07) is 7.85. The lowest BCUT2D eigenvalue weighted by Gasteiger charge is -2.19. The highest BCUT2D eigenvalue weighted by atomic mass is 16.4. The minimum atomic E-state index is -1.16. The van der Waals surface area contributed by atoms with E-state index in [0.29, 0.717) is 12.8 Å². The summed E-state index contributed by atoms with van der Waals surface area (Å²) in [6.07, 6.45) is 3.32. The van der Waals surface area contributed by atoms with Gasteiger partial charge in [-0.1, -0.05) is 43.2 Å². The van der Waals surface area contributed by atoms with Crippen molar-refractivity contribution in [3.8, 4) is 0 Å². The molecule has 2 fully saturated rings. The van der Waals surface area contributed by atoms with E-state index in [-0.39, 0.29) is 30.1 Å². The number of carbonyl (C=O) groups excluding carboxylic acids is 3. The van der Waals surface area contributed by atoms with Crippen molar-refractivity contribution >= 4 is 23.7 Å². The lowest BCUT2D eigenvalue weighted by Crippen LogP contribution is -2.48. The average molecular weight is 358 g/mol. The highest BCUT2D eigenvalue weighted by Crippen LogP contribution is 2.37. The molecule has 1 aromatic rings. The second-order valence-corrected chi connectivity index (χ2v) is 6.91. The van der Waals surface area contributed by atoms with Crippen molar-refractivity contribution in [1.82, 2.24) is 10.2 Å². The number of likely N-dealkylation sites (tertiary alicyclic amines) is 1. The van der Waals surface area contributed by atoms with Gasteiger partial charge in [-0.25, -0.2) is 4.79 Å². The van der Waals surface area contributed by atoms with Crippen LogP contribution in [0.1, 0.15) is 31.2 Å². The Balaban J connectivity index is 1.62. The van der Waals surface area contributed by atoms with Crippen molar-refractivity contribution in [2.24, 2.45) is 11.8 Å². The molecule has 1 aliphatic carbocycles. The van der Waals surface area contributed by atoms with Gasteiger partial charge in [0.05, 0.1) is 11.8 Å². The number of carboxylic acid groups (broad SMARTS) is 1. The number of nitrogens with zero attached hydrogens (tertiary/aromatic N) is 1. The van der Waals surface area contributed by atoms with Crippen LogP contribution in [0.2, 0.25) is 0 Å². The molecule has 0 radical (unpaired) electrons. The topological polar surface area (TPSA) is 104 Å². The third-order valence-electron chi connectivity index (χ3n) is 5.15. The molecule has 0 bridgehead atoms. The highest BCUT2D eigenvalue weighted by Gasteiger charge is 2.48. The number of hydrogen-bond donors (Lipinski definition) is 2. The van der Waals surface area contributed by atoms with Gasteiger partial charge in [-0.15, -0.1) is 0 Å². The van der Waals surface area contributed by atoms with E-state index in [1.807, 2.05) is 6.07 Å². The Morgan fingerprint density at radius 1 is 1.08 bits per heavy atom. The molecule has 3 amide bonds. The van der Waals surface area contributed by atoms with Gasteiger partial charge < -0.3 is 10.4 Å². The summed E-state index contributed by atoms with van der Waals surface area (Å²) in [4.78, 5) is 49.5. The summed E-state index contributed by atoms with van der Waals surface area (Å²) >= 11 is 0. The van der Waals surface area contributed by atoms with Crippen LogP contribution >= 0.6 is 0 Å². The van der Waals surface area contributed by atoms with Gasteiger partial charge >= 0.3 is 5.97 Å². The number of carbonyl (C=O) groups is 4. The SMILES string of the molecule is O=C(CN1C(=O)C2CCCCC2C1=O)N[C@H](Cc1ccccc1)C(=O)O. The quantitative estimate of drug-likeness (QED) is 0.738. The highest BCUT2D eigenvalue weighted by molar-refractivity contribution is 6.07. The van der Waals surface area contributed by atoms with Gasteiger partial charge in [0, 0.05) is 6.42 Å². The van der Waals surface area contributed by atoms with E-state index in [0.717, 1.165) is 23.3 Å². The van der Waals surface area contributed by atoms with Gasteiger partial charge in [0.1, 0.15) is 12.6 Å². The maximum absolute atomic E-state index is 12.4. The molecule has 1 saturated carbocycles. The molecule has 1 aromatic carbocycles. The van der Waals surface area contributed by atoms with Crippen LogP contribution < -0.4 is 5.32 Å². The number of imide groups is 1. The summed E-state index contributed by atoms with van der Waals surface area (Å²) < 4.78 is 0. The fraction of sp³-hybridized carbons (Fsp3) is 0.474. The molecule has 3 rings (SSSR count). The van der Waals surface area contributed by atoms with E-state index in [1.165, 1.54) is 0 Å². The second kappa shape index (κ2) is 7.68. The van der Waals surface area contributed by atoms with Gasteiger partial charge in [0.2, 0.25) is 17.7 Å². The molecular weight excluding hydrogens is 336 g/mol. The first-order valence-electron chi connectivity index (χ1n) is 8.88. The Morgan fingerprint density at radius 3 is 2.19 bits per heavy atom. The molecule has 1 saturated heterocycles. The third-order valence-corrected chi connectivity index (χ3v) is 5.15. The summed E-state index contributed by atoms with van der Waals surface area (Å²) in [5.74, 6) is -3.02. The monoisotopic (exact) mass is 358 g/mol. The van der Waals surface area contributed by atoms with Crippen LogP contribution in [-0.2, 0) is 25.6 Å². The van der Waals surface area contributed by atoms with Crippen LogP contribution in [-0.4, -0.2) is 46.3 Å². The Kier molecular flexibility index (Phi) is 5.35. The molecule has 2 N–H and O–H groups in total. The largest absolute Gasteiger partial charge is 0.480 e. The Labute approximate surface area is 151 Å². The Hall–Kier alpha value is -2.70. The zero-order chi connectivity index (χ0) is 18.7. The van der Waals surface area contributed by atoms with E-state index in [4.69, 9.17) is 0 Å². The second-order valence-electron chi connectivity index (χ2n) is 6.91. The van der Waals surface area contributed by atoms with Gasteiger partial charge in [0.25, 0.3) is 0 Å². The smallest absolute Gasteiger partial charge is 0.326 e. The van der Waals surface area contributed by atoms with Crippen LogP contribution in [0.25, 0.3) is 0 Å². The lowest BCUT2D eigenvalue weighted by atomic mass is 9.81. The van der Waals surface area contributed by atoms with Gasteiger partial charge in [-0.2, -0.15) is 0 Å². The first-order valence-corrected chi connectivity index (χ1v) is 8.88. The molecular formula is C19H22N2O5. The average Bonchev–Trinajstić information content (AvgIpc) is 2.87. The number of nitrogens with one attached hydrogen (secondary N) is 1. The minimum absolute atomic E-state index is 0.134. The van der Waals surface area contributed by atoms with Crippen LogP contribution in [0.15, 0.2) is 30.3 Å². The van der Waals surface area contributed by atoms with E-state index in [2.05, 4.69) is 5.32 Å². The number of aliphatic carboxylic acids is 1. The summed E-state index contributed by atoms with van der Waals surface area (Å²) in [6.45, 7) is -0.413. The number of fused-ring (bicyclic) bond motifs is 1. The fourth-order valence-electron chi connectivity index (χ4n) is 3.82. The number of carboxylic acids is 1. The van der Waals surface area contributed by atoms with Gasteiger partial charge in [-0.05, 0) is 18.4 Å². The van der Waals surface area contributed by atoms with E-state index in [1.54, 1.807) is 24.3 Å². The maximum Gasteiger partial charge on any atom is 0.326 e. The lowest BCUT2D eigenvalue weighted by molar-refractivity contribution is -0.145. The van der Waals surface area contributed by atoms with Gasteiger partial charge in [0.15, 0.2) is 0 Å². The predicted octanol–water partition coefficient (Wildman–Crippen LogP) is 0.974. The Bertz CT molecular complexity index is 694. The van der Waals surface area contributed by atoms with Crippen molar-refractivity contribution in [2.45, 2.75) is 38.1 Å². The third kappa shape index (κ3) is 3.76. The fourth-order valence-corrected chi connectivity index (χ4v) is 3.82. The molecule has 0 aromatic heterocycles. The normalized spacial score (nSPS) is 23.5. The van der Waals surface area contributed by atoms with Crippen LogP contribution in [0.3, 0.4) is 0 Å². The molecule has 26 heavy (non-hydrogen) atoms. The van der Waals surface area contributed by atoms with E-state index < -0.39 is 24.5 Å². The molecule has 1 heterocycles. The number of rotatable bonds is 6. The number of amides is 3. The molecule has 7 heteroatoms. The number of benzene rings is 1. The van der Waals surface area contributed by atoms with E-state index >= 15 is 0 Å². The zero-order valence-corrected chi connectivity index (χ0v) is 14.4. The summed E-state index contributed by atoms with van der Waals surface area (Å²) in [5, 5.41) is 11.8. The minimum Gasteiger partial charge on any atom is -0.480 e. The van der Waals surface area contributed by atoms with Crippen molar-refractivity contribution in [2.75, 3.05) is 6.54 Å². The number of hydrogen-bond acceptors (Lipinski definition) is 4. The van der Waals surface area contributed by atoms with Crippen molar-refractivity contribution in [1.29, 1.82) is 0 Å². The summed E-state index contributed by atoms with van der Waals surface area (Å²) in [5.41, 5.74) is 0.777. The predicted molar refractivity (Wildman–Crippen MR) is 91.9 cm³/mol. The molecule has 7 nitrogen and oxygen atoms in total. The molecule has 138 valence electrons. The molecule has 0 spiro atoms. The maximum atomic E-state index is 12.4. The van der Waals surface area contributed by atoms with Gasteiger partial charge in [-0.3, -0.25) is 19.3 Å².